The van der Waals surface area contributed by atoms with Crippen molar-refractivity contribution in [1.82, 2.24) is 0 Å². The molecule has 0 aliphatic heterocycles. The molecule has 0 aromatic heterocycles. The summed E-state index contributed by atoms with van der Waals surface area (Å²) in [5.41, 5.74) is 4.84. The van der Waals surface area contributed by atoms with Crippen molar-refractivity contribution in [2.45, 2.75) is 12.6 Å². The quantitative estimate of drug-likeness (QED) is 0.708. The summed E-state index contributed by atoms with van der Waals surface area (Å²) in [5, 5.41) is 0. The van der Waals surface area contributed by atoms with E-state index in [0.717, 1.165) is 0 Å². The van der Waals surface area contributed by atoms with Crippen LogP contribution in [-0.4, -0.2) is 6.54 Å². The first kappa shape index (κ1) is 9.93. The largest absolute Gasteiger partial charge is 0.327 e. The van der Waals surface area contributed by atoms with E-state index in [1.807, 2.05) is 6.07 Å². The molecule has 1 aromatic rings. The van der Waals surface area contributed by atoms with Crippen LogP contribution in [0.1, 0.15) is 12.5 Å². The molecule has 70 valence electrons. The van der Waals surface area contributed by atoms with Gasteiger partial charge in [-0.15, -0.1) is 0 Å². The van der Waals surface area contributed by atoms with Gasteiger partial charge in [-0.1, -0.05) is 36.9 Å². The van der Waals surface area contributed by atoms with Crippen molar-refractivity contribution in [2.24, 2.45) is 5.73 Å². The molecule has 2 heteroatoms. The average Bonchev–Trinajstić information content (AvgIpc) is 2.17. The average molecular weight is 179 g/mol. The zero-order valence-electron chi connectivity index (χ0n) is 7.76. The first-order valence-corrected chi connectivity index (χ1v) is 4.22. The molecule has 0 bridgehead atoms. The van der Waals surface area contributed by atoms with Gasteiger partial charge in [-0.05, 0) is 18.1 Å². The second-order valence-electron chi connectivity index (χ2n) is 3.15. The number of halogens is 1. The Bertz CT molecular complexity index is 294. The van der Waals surface area contributed by atoms with Gasteiger partial charge >= 0.3 is 0 Å². The molecule has 1 rings (SSSR count). The fourth-order valence-corrected chi connectivity index (χ4v) is 1.24. The minimum atomic E-state index is -1.58. The molecule has 1 aromatic carbocycles. The van der Waals surface area contributed by atoms with Gasteiger partial charge in [0.25, 0.3) is 0 Å². The molecule has 2 N–H and O–H groups in total. The third kappa shape index (κ3) is 1.78. The van der Waals surface area contributed by atoms with E-state index in [2.05, 4.69) is 6.58 Å². The Hall–Kier alpha value is -1.15. The highest BCUT2D eigenvalue weighted by Crippen LogP contribution is 2.31. The molecule has 0 saturated heterocycles. The highest BCUT2D eigenvalue weighted by molar-refractivity contribution is 5.31. The molecule has 0 heterocycles. The van der Waals surface area contributed by atoms with Gasteiger partial charge in [-0.3, -0.25) is 0 Å². The normalized spacial score (nSPS) is 15.0. The summed E-state index contributed by atoms with van der Waals surface area (Å²) in [6.07, 6.45) is 0. The lowest BCUT2D eigenvalue weighted by Gasteiger charge is -2.24. The van der Waals surface area contributed by atoms with Gasteiger partial charge in [-0.2, -0.15) is 0 Å². The maximum absolute atomic E-state index is 14.2. The number of alkyl halides is 1. The van der Waals surface area contributed by atoms with E-state index in [1.54, 1.807) is 31.2 Å². The molecule has 0 fully saturated rings. The van der Waals surface area contributed by atoms with E-state index in [4.69, 9.17) is 5.73 Å². The van der Waals surface area contributed by atoms with Crippen LogP contribution >= 0.6 is 0 Å². The van der Waals surface area contributed by atoms with Crippen LogP contribution in [0.15, 0.2) is 42.5 Å². The van der Waals surface area contributed by atoms with Gasteiger partial charge in [0.15, 0.2) is 5.67 Å². The number of hydrogen-bond donors (Lipinski definition) is 1. The zero-order chi connectivity index (χ0) is 9.90. The summed E-state index contributed by atoms with van der Waals surface area (Å²) in [5.74, 6) is 0. The van der Waals surface area contributed by atoms with E-state index in [0.29, 0.717) is 11.1 Å². The number of nitrogens with two attached hydrogens (primary N) is 1. The standard InChI is InChI=1S/C11H14FN/c1-9(2)11(12,8-13)10-6-4-3-5-7-10/h3-7H,1,8,13H2,2H3. The Morgan fingerprint density at radius 2 is 2.00 bits per heavy atom. The Morgan fingerprint density at radius 1 is 1.46 bits per heavy atom. The topological polar surface area (TPSA) is 26.0 Å². The van der Waals surface area contributed by atoms with E-state index >= 15 is 0 Å². The van der Waals surface area contributed by atoms with Crippen LogP contribution in [0.3, 0.4) is 0 Å². The zero-order valence-corrected chi connectivity index (χ0v) is 7.76. The molecular formula is C11H14FN. The van der Waals surface area contributed by atoms with E-state index in [1.165, 1.54) is 0 Å². The van der Waals surface area contributed by atoms with Gasteiger partial charge in [-0.25, -0.2) is 4.39 Å². The lowest BCUT2D eigenvalue weighted by molar-refractivity contribution is 0.227. The monoisotopic (exact) mass is 179 g/mol. The van der Waals surface area contributed by atoms with Crippen molar-refractivity contribution in [2.75, 3.05) is 6.54 Å². The first-order chi connectivity index (χ1) is 6.11. The summed E-state index contributed by atoms with van der Waals surface area (Å²) in [7, 11) is 0. The summed E-state index contributed by atoms with van der Waals surface area (Å²) in [6.45, 7) is 5.21. The van der Waals surface area contributed by atoms with Crippen molar-refractivity contribution in [3.05, 3.63) is 48.0 Å². The lowest BCUT2D eigenvalue weighted by Crippen LogP contribution is -2.31. The van der Waals surface area contributed by atoms with E-state index in [-0.39, 0.29) is 6.54 Å². The highest BCUT2D eigenvalue weighted by atomic mass is 19.1. The summed E-state index contributed by atoms with van der Waals surface area (Å²) < 4.78 is 14.2. The Labute approximate surface area is 78.1 Å². The van der Waals surface area contributed by atoms with Gasteiger partial charge in [0, 0.05) is 6.54 Å². The lowest BCUT2D eigenvalue weighted by atomic mass is 9.90. The predicted octanol–water partition coefficient (Wildman–Crippen LogP) is 2.39. The minimum absolute atomic E-state index is 0.0631. The summed E-state index contributed by atoms with van der Waals surface area (Å²) in [6, 6.07) is 8.88. The second-order valence-corrected chi connectivity index (χ2v) is 3.15. The van der Waals surface area contributed by atoms with Crippen LogP contribution in [0, 0.1) is 0 Å². The molecule has 13 heavy (non-hydrogen) atoms. The summed E-state index contributed by atoms with van der Waals surface area (Å²) >= 11 is 0. The van der Waals surface area contributed by atoms with Crippen molar-refractivity contribution in [1.29, 1.82) is 0 Å². The second kappa shape index (κ2) is 3.71. The number of benzene rings is 1. The van der Waals surface area contributed by atoms with Crippen molar-refractivity contribution in [3.63, 3.8) is 0 Å². The van der Waals surface area contributed by atoms with Crippen LogP contribution in [0.5, 0.6) is 0 Å². The first-order valence-electron chi connectivity index (χ1n) is 4.22. The molecule has 0 saturated carbocycles. The number of rotatable bonds is 3. The van der Waals surface area contributed by atoms with Gasteiger partial charge in [0.2, 0.25) is 0 Å². The van der Waals surface area contributed by atoms with Crippen molar-refractivity contribution >= 4 is 0 Å². The molecule has 1 unspecified atom stereocenters. The van der Waals surface area contributed by atoms with Gasteiger partial charge in [0.1, 0.15) is 0 Å². The van der Waals surface area contributed by atoms with Crippen LogP contribution in [0.4, 0.5) is 4.39 Å². The van der Waals surface area contributed by atoms with Gasteiger partial charge < -0.3 is 5.73 Å². The minimum Gasteiger partial charge on any atom is -0.327 e. The van der Waals surface area contributed by atoms with Crippen LogP contribution < -0.4 is 5.73 Å². The maximum Gasteiger partial charge on any atom is 0.168 e. The molecular weight excluding hydrogens is 165 g/mol. The Balaban J connectivity index is 3.11. The molecule has 0 spiro atoms. The molecule has 0 aliphatic rings. The van der Waals surface area contributed by atoms with Crippen LogP contribution in [0.2, 0.25) is 0 Å². The number of hydrogen-bond acceptors (Lipinski definition) is 1. The fourth-order valence-electron chi connectivity index (χ4n) is 1.24. The van der Waals surface area contributed by atoms with Gasteiger partial charge in [0.05, 0.1) is 0 Å². The van der Waals surface area contributed by atoms with E-state index < -0.39 is 5.67 Å². The molecule has 1 atom stereocenters. The van der Waals surface area contributed by atoms with Crippen LogP contribution in [-0.2, 0) is 5.67 Å². The smallest absolute Gasteiger partial charge is 0.168 e. The molecule has 0 aliphatic carbocycles. The molecule has 1 nitrogen and oxygen atoms in total. The third-order valence-corrected chi connectivity index (χ3v) is 2.19. The SMILES string of the molecule is C=C(C)C(F)(CN)c1ccccc1. The molecule has 0 radical (unpaired) electrons. The Morgan fingerprint density at radius 3 is 2.38 bits per heavy atom. The highest BCUT2D eigenvalue weighted by Gasteiger charge is 2.30. The van der Waals surface area contributed by atoms with Crippen LogP contribution in [0.25, 0.3) is 0 Å². The summed E-state index contributed by atoms with van der Waals surface area (Å²) in [4.78, 5) is 0. The molecule has 0 amide bonds. The fraction of sp³-hybridized carbons (Fsp3) is 0.273. The van der Waals surface area contributed by atoms with E-state index in [9.17, 15) is 4.39 Å². The predicted molar refractivity (Wildman–Crippen MR) is 53.1 cm³/mol. The van der Waals surface area contributed by atoms with Crippen molar-refractivity contribution < 1.29 is 4.39 Å². The van der Waals surface area contributed by atoms with Crippen molar-refractivity contribution in [3.8, 4) is 0 Å². The maximum atomic E-state index is 14.2. The third-order valence-electron chi connectivity index (χ3n) is 2.19. The Kier molecular flexibility index (Phi) is 2.83.